The van der Waals surface area contributed by atoms with Crippen molar-refractivity contribution in [2.24, 2.45) is 0 Å². The number of hydrogen-bond donors (Lipinski definition) is 0. The van der Waals surface area contributed by atoms with Crippen LogP contribution in [-0.4, -0.2) is 74.0 Å². The van der Waals surface area contributed by atoms with Gasteiger partial charge in [-0.05, 0) is 81.3 Å². The van der Waals surface area contributed by atoms with Crippen LogP contribution in [0.2, 0.25) is 0 Å². The Balaban J connectivity index is 1.18. The van der Waals surface area contributed by atoms with Crippen molar-refractivity contribution in [3.63, 3.8) is 0 Å². The Morgan fingerprint density at radius 2 is 1.66 bits per heavy atom. The number of carbonyl (C=O) groups excluding carboxylic acids is 1. The van der Waals surface area contributed by atoms with Crippen LogP contribution in [0.3, 0.4) is 0 Å². The first-order chi connectivity index (χ1) is 16.8. The number of carbonyl (C=O) groups is 1. The maximum Gasteiger partial charge on any atom is 0.416 e. The zero-order valence-corrected chi connectivity index (χ0v) is 20.3. The Morgan fingerprint density at radius 1 is 0.971 bits per heavy atom. The quantitative estimate of drug-likeness (QED) is 0.368. The zero-order chi connectivity index (χ0) is 24.8. The minimum atomic E-state index is -4.33. The summed E-state index contributed by atoms with van der Waals surface area (Å²) in [5, 5.41) is 0. The Bertz CT molecular complexity index is 955. The molecule has 2 fully saturated rings. The van der Waals surface area contributed by atoms with E-state index in [1.165, 1.54) is 31.5 Å². The van der Waals surface area contributed by atoms with Crippen LogP contribution in [0.5, 0.6) is 5.75 Å². The van der Waals surface area contributed by atoms with E-state index in [4.69, 9.17) is 4.74 Å². The molecule has 0 amide bonds. The molecule has 0 bridgehead atoms. The van der Waals surface area contributed by atoms with Crippen LogP contribution >= 0.6 is 0 Å². The Morgan fingerprint density at radius 3 is 2.26 bits per heavy atom. The maximum absolute atomic E-state index is 12.8. The predicted octanol–water partition coefficient (Wildman–Crippen LogP) is 4.96. The molecule has 2 heterocycles. The molecule has 1 unspecified atom stereocenters. The number of likely N-dealkylation sites (tertiary alicyclic amines) is 1. The molecule has 2 aliphatic heterocycles. The molecule has 2 saturated heterocycles. The van der Waals surface area contributed by atoms with Gasteiger partial charge in [-0.2, -0.15) is 13.2 Å². The largest absolute Gasteiger partial charge is 0.494 e. The number of rotatable bonds is 9. The Kier molecular flexibility index (Phi) is 8.34. The summed E-state index contributed by atoms with van der Waals surface area (Å²) in [4.78, 5) is 19.4. The molecule has 2 aliphatic rings. The SMILES string of the molecule is CC1CCCN1CCCOc1ccc(C(=O)CN2CCN(c3ccc(C(F)(F)F)cc3)CC2)cc1. The van der Waals surface area contributed by atoms with Gasteiger partial charge >= 0.3 is 6.18 Å². The van der Waals surface area contributed by atoms with Crippen molar-refractivity contribution in [3.8, 4) is 5.75 Å². The smallest absolute Gasteiger partial charge is 0.416 e. The average molecular weight is 490 g/mol. The molecule has 4 rings (SSSR count). The molecule has 8 heteroatoms. The summed E-state index contributed by atoms with van der Waals surface area (Å²) in [6, 6.07) is 13.3. The highest BCUT2D eigenvalue weighted by Crippen LogP contribution is 2.30. The minimum absolute atomic E-state index is 0.0579. The van der Waals surface area contributed by atoms with Gasteiger partial charge in [0.2, 0.25) is 0 Å². The molecule has 0 radical (unpaired) electrons. The second-order valence-corrected chi connectivity index (χ2v) is 9.48. The van der Waals surface area contributed by atoms with E-state index in [-0.39, 0.29) is 5.78 Å². The fourth-order valence-electron chi connectivity index (χ4n) is 4.84. The highest BCUT2D eigenvalue weighted by atomic mass is 19.4. The molecular weight excluding hydrogens is 455 g/mol. The van der Waals surface area contributed by atoms with Crippen LogP contribution in [0.4, 0.5) is 18.9 Å². The van der Waals surface area contributed by atoms with Crippen molar-refractivity contribution in [1.82, 2.24) is 9.80 Å². The highest BCUT2D eigenvalue weighted by Gasteiger charge is 2.30. The summed E-state index contributed by atoms with van der Waals surface area (Å²) < 4.78 is 44.2. The summed E-state index contributed by atoms with van der Waals surface area (Å²) >= 11 is 0. The topological polar surface area (TPSA) is 36.0 Å². The fourth-order valence-corrected chi connectivity index (χ4v) is 4.84. The van der Waals surface area contributed by atoms with E-state index in [2.05, 4.69) is 21.6 Å². The van der Waals surface area contributed by atoms with Gasteiger partial charge in [-0.1, -0.05) is 0 Å². The lowest BCUT2D eigenvalue weighted by atomic mass is 10.1. The number of nitrogens with zero attached hydrogens (tertiary/aromatic N) is 3. The van der Waals surface area contributed by atoms with E-state index in [1.54, 1.807) is 0 Å². The van der Waals surface area contributed by atoms with Gasteiger partial charge in [-0.15, -0.1) is 0 Å². The molecule has 0 aromatic heterocycles. The fraction of sp³-hybridized carbons (Fsp3) is 0.519. The molecule has 0 aliphatic carbocycles. The molecule has 35 heavy (non-hydrogen) atoms. The van der Waals surface area contributed by atoms with Crippen molar-refractivity contribution >= 4 is 11.5 Å². The van der Waals surface area contributed by atoms with Crippen molar-refractivity contribution in [2.45, 2.75) is 38.4 Å². The van der Waals surface area contributed by atoms with E-state index in [1.807, 2.05) is 24.3 Å². The monoisotopic (exact) mass is 489 g/mol. The molecule has 190 valence electrons. The van der Waals surface area contributed by atoms with Crippen LogP contribution in [0.1, 0.15) is 42.1 Å². The van der Waals surface area contributed by atoms with Crippen molar-refractivity contribution in [2.75, 3.05) is 57.3 Å². The van der Waals surface area contributed by atoms with E-state index in [0.29, 0.717) is 50.9 Å². The lowest BCUT2D eigenvalue weighted by Crippen LogP contribution is -2.48. The van der Waals surface area contributed by atoms with Crippen LogP contribution in [-0.2, 0) is 6.18 Å². The second-order valence-electron chi connectivity index (χ2n) is 9.48. The summed E-state index contributed by atoms with van der Waals surface area (Å²) in [7, 11) is 0. The van der Waals surface area contributed by atoms with Gasteiger partial charge < -0.3 is 14.5 Å². The number of halogens is 3. The molecule has 5 nitrogen and oxygen atoms in total. The van der Waals surface area contributed by atoms with Gasteiger partial charge in [0.15, 0.2) is 5.78 Å². The normalized spacial score (nSPS) is 19.8. The number of piperazine rings is 1. The summed E-state index contributed by atoms with van der Waals surface area (Å²) in [5.41, 5.74) is 0.793. The van der Waals surface area contributed by atoms with Crippen LogP contribution in [0.15, 0.2) is 48.5 Å². The van der Waals surface area contributed by atoms with Crippen LogP contribution < -0.4 is 9.64 Å². The third kappa shape index (κ3) is 6.98. The van der Waals surface area contributed by atoms with Gasteiger partial charge in [-0.25, -0.2) is 0 Å². The first-order valence-corrected chi connectivity index (χ1v) is 12.4. The molecular formula is C27H34F3N3O2. The third-order valence-corrected chi connectivity index (χ3v) is 7.02. The third-order valence-electron chi connectivity index (χ3n) is 7.02. The first kappa shape index (κ1) is 25.5. The number of Topliss-reactive ketones (excluding diaryl/α,β-unsaturated/α-hetero) is 1. The van der Waals surface area contributed by atoms with Gasteiger partial charge in [0, 0.05) is 50.0 Å². The summed E-state index contributed by atoms with van der Waals surface area (Å²) in [6.45, 7) is 8.22. The molecule has 0 spiro atoms. The molecule has 0 saturated carbocycles. The summed E-state index contributed by atoms with van der Waals surface area (Å²) in [6.07, 6.45) is -0.769. The number of alkyl halides is 3. The van der Waals surface area contributed by atoms with E-state index >= 15 is 0 Å². The molecule has 0 N–H and O–H groups in total. The average Bonchev–Trinajstić information content (AvgIpc) is 3.27. The maximum atomic E-state index is 12.8. The number of anilines is 1. The van der Waals surface area contributed by atoms with E-state index in [0.717, 1.165) is 36.5 Å². The minimum Gasteiger partial charge on any atom is -0.494 e. The number of ketones is 1. The van der Waals surface area contributed by atoms with Gasteiger partial charge in [0.05, 0.1) is 18.7 Å². The number of benzene rings is 2. The lowest BCUT2D eigenvalue weighted by molar-refractivity contribution is -0.137. The van der Waals surface area contributed by atoms with E-state index < -0.39 is 11.7 Å². The zero-order valence-electron chi connectivity index (χ0n) is 20.3. The number of ether oxygens (including phenoxy) is 1. The van der Waals surface area contributed by atoms with Gasteiger partial charge in [0.1, 0.15) is 5.75 Å². The highest BCUT2D eigenvalue weighted by molar-refractivity contribution is 5.97. The predicted molar refractivity (Wildman–Crippen MR) is 131 cm³/mol. The van der Waals surface area contributed by atoms with Crippen molar-refractivity contribution in [1.29, 1.82) is 0 Å². The first-order valence-electron chi connectivity index (χ1n) is 12.4. The summed E-state index contributed by atoms with van der Waals surface area (Å²) in [5.74, 6) is 0.837. The Hall–Kier alpha value is -2.58. The Labute approximate surface area is 205 Å². The number of hydrogen-bond acceptors (Lipinski definition) is 5. The standard InChI is InChI=1S/C27H34F3N3O2/c1-21-4-2-13-32(21)14-3-19-35-25-11-5-22(6-12-25)26(34)20-31-15-17-33(18-16-31)24-9-7-23(8-10-24)27(28,29)30/h5-12,21H,2-4,13-20H2,1H3. The van der Waals surface area contributed by atoms with Crippen molar-refractivity contribution < 1.29 is 22.7 Å². The van der Waals surface area contributed by atoms with Crippen molar-refractivity contribution in [3.05, 3.63) is 59.7 Å². The van der Waals surface area contributed by atoms with Crippen LogP contribution in [0.25, 0.3) is 0 Å². The second kappa shape index (κ2) is 11.4. The van der Waals surface area contributed by atoms with Gasteiger partial charge in [-0.3, -0.25) is 9.69 Å². The van der Waals surface area contributed by atoms with Gasteiger partial charge in [0.25, 0.3) is 0 Å². The van der Waals surface area contributed by atoms with Crippen LogP contribution in [0, 0.1) is 0 Å². The molecule has 2 aromatic carbocycles. The van der Waals surface area contributed by atoms with E-state index in [9.17, 15) is 18.0 Å². The molecule has 1 atom stereocenters. The molecule has 2 aromatic rings. The lowest BCUT2D eigenvalue weighted by Gasteiger charge is -2.35.